The van der Waals surface area contributed by atoms with E-state index in [0.717, 1.165) is 24.8 Å². The number of hydrogen-bond acceptors (Lipinski definition) is 3. The van der Waals surface area contributed by atoms with Crippen molar-refractivity contribution in [3.05, 3.63) is 16.6 Å². The van der Waals surface area contributed by atoms with Gasteiger partial charge in [0.2, 0.25) is 5.91 Å². The van der Waals surface area contributed by atoms with E-state index in [-0.39, 0.29) is 0 Å². The predicted molar refractivity (Wildman–Crippen MR) is 64.3 cm³/mol. The molecule has 0 bridgehead atoms. The first-order valence-electron chi connectivity index (χ1n) is 5.00. The van der Waals surface area contributed by atoms with Crippen molar-refractivity contribution in [1.29, 1.82) is 0 Å². The summed E-state index contributed by atoms with van der Waals surface area (Å²) in [4.78, 5) is 18.8. The van der Waals surface area contributed by atoms with Gasteiger partial charge in [0.25, 0.3) is 0 Å². The van der Waals surface area contributed by atoms with Gasteiger partial charge in [-0.25, -0.2) is 0 Å². The molecule has 2 rings (SSSR count). The molecule has 0 spiro atoms. The average Bonchev–Trinajstić information content (AvgIpc) is 2.84. The van der Waals surface area contributed by atoms with Crippen LogP contribution in [0.1, 0.15) is 11.3 Å². The highest BCUT2D eigenvalue weighted by Crippen LogP contribution is 2.20. The van der Waals surface area contributed by atoms with Crippen LogP contribution in [-0.4, -0.2) is 34.2 Å². The Labute approximate surface area is 102 Å². The maximum atomic E-state index is 11.6. The van der Waals surface area contributed by atoms with Gasteiger partial charge >= 0.3 is 0 Å². The molecular formula is C10H13BrN2OS. The SMILES string of the molecule is O=C1CC(CBr)CN1CCc1cncs1. The summed E-state index contributed by atoms with van der Waals surface area (Å²) in [6.45, 7) is 1.74. The molecule has 1 amide bonds. The van der Waals surface area contributed by atoms with E-state index < -0.39 is 0 Å². The van der Waals surface area contributed by atoms with Crippen LogP contribution in [0.2, 0.25) is 0 Å². The van der Waals surface area contributed by atoms with Crippen molar-refractivity contribution in [2.75, 3.05) is 18.4 Å². The minimum Gasteiger partial charge on any atom is -0.342 e. The number of hydrogen-bond donors (Lipinski definition) is 0. The lowest BCUT2D eigenvalue weighted by molar-refractivity contribution is -0.127. The molecule has 1 unspecified atom stereocenters. The molecule has 1 aliphatic rings. The number of aromatic nitrogens is 1. The number of carbonyl (C=O) groups excluding carboxylic acids is 1. The number of carbonyl (C=O) groups is 1. The van der Waals surface area contributed by atoms with Gasteiger partial charge in [0.1, 0.15) is 0 Å². The Bertz CT molecular complexity index is 328. The first-order chi connectivity index (χ1) is 7.29. The van der Waals surface area contributed by atoms with Gasteiger partial charge in [0.05, 0.1) is 5.51 Å². The molecule has 2 heterocycles. The third-order valence-corrected chi connectivity index (χ3v) is 4.38. The van der Waals surface area contributed by atoms with E-state index in [2.05, 4.69) is 20.9 Å². The lowest BCUT2D eigenvalue weighted by Crippen LogP contribution is -2.27. The number of likely N-dealkylation sites (tertiary alicyclic amines) is 1. The second kappa shape index (κ2) is 5.07. The maximum Gasteiger partial charge on any atom is 0.222 e. The van der Waals surface area contributed by atoms with Crippen molar-refractivity contribution in [2.45, 2.75) is 12.8 Å². The van der Waals surface area contributed by atoms with E-state index in [4.69, 9.17) is 0 Å². The molecule has 1 aromatic rings. The fourth-order valence-corrected chi connectivity index (χ4v) is 2.81. The van der Waals surface area contributed by atoms with E-state index in [1.54, 1.807) is 11.3 Å². The fourth-order valence-electron chi connectivity index (χ4n) is 1.78. The summed E-state index contributed by atoms with van der Waals surface area (Å²) in [5.74, 6) is 0.794. The highest BCUT2D eigenvalue weighted by molar-refractivity contribution is 9.09. The second-order valence-corrected chi connectivity index (χ2v) is 5.40. The summed E-state index contributed by atoms with van der Waals surface area (Å²) in [6.07, 6.45) is 3.52. The van der Waals surface area contributed by atoms with Crippen molar-refractivity contribution in [3.63, 3.8) is 0 Å². The molecule has 0 saturated carbocycles. The molecule has 1 fully saturated rings. The smallest absolute Gasteiger partial charge is 0.222 e. The van der Waals surface area contributed by atoms with Crippen LogP contribution in [0.3, 0.4) is 0 Å². The molecule has 0 radical (unpaired) electrons. The van der Waals surface area contributed by atoms with Crippen molar-refractivity contribution in [1.82, 2.24) is 9.88 Å². The summed E-state index contributed by atoms with van der Waals surface area (Å²) in [5.41, 5.74) is 1.84. The summed E-state index contributed by atoms with van der Waals surface area (Å²) < 4.78 is 0. The zero-order valence-corrected chi connectivity index (χ0v) is 10.8. The third kappa shape index (κ3) is 2.78. The maximum absolute atomic E-state index is 11.6. The van der Waals surface area contributed by atoms with Crippen molar-refractivity contribution < 1.29 is 4.79 Å². The molecule has 82 valence electrons. The number of nitrogens with zero attached hydrogens (tertiary/aromatic N) is 2. The Hall–Kier alpha value is -0.420. The Kier molecular flexibility index (Phi) is 3.75. The molecule has 1 aromatic heterocycles. The van der Waals surface area contributed by atoms with Crippen LogP contribution in [0.15, 0.2) is 11.7 Å². The molecule has 15 heavy (non-hydrogen) atoms. The topological polar surface area (TPSA) is 33.2 Å². The standard InChI is InChI=1S/C10H13BrN2OS/c11-4-8-3-10(14)13(6-8)2-1-9-5-12-7-15-9/h5,7-8H,1-4,6H2. The second-order valence-electron chi connectivity index (χ2n) is 3.78. The highest BCUT2D eigenvalue weighted by Gasteiger charge is 2.28. The van der Waals surface area contributed by atoms with Crippen LogP contribution < -0.4 is 0 Å². The number of alkyl halides is 1. The largest absolute Gasteiger partial charge is 0.342 e. The van der Waals surface area contributed by atoms with Crippen LogP contribution in [0, 0.1) is 5.92 Å². The zero-order chi connectivity index (χ0) is 10.7. The van der Waals surface area contributed by atoms with E-state index >= 15 is 0 Å². The molecular weight excluding hydrogens is 276 g/mol. The van der Waals surface area contributed by atoms with Crippen LogP contribution in [-0.2, 0) is 11.2 Å². The lowest BCUT2D eigenvalue weighted by atomic mass is 10.2. The summed E-state index contributed by atoms with van der Waals surface area (Å²) >= 11 is 5.09. The molecule has 0 N–H and O–H groups in total. The van der Waals surface area contributed by atoms with Gasteiger partial charge in [-0.1, -0.05) is 15.9 Å². The van der Waals surface area contributed by atoms with E-state index in [1.165, 1.54) is 4.88 Å². The first-order valence-corrected chi connectivity index (χ1v) is 7.01. The molecule has 0 aliphatic carbocycles. The average molecular weight is 289 g/mol. The lowest BCUT2D eigenvalue weighted by Gasteiger charge is -2.15. The Balaban J connectivity index is 1.83. The predicted octanol–water partition coefficient (Wildman–Crippen LogP) is 1.93. The van der Waals surface area contributed by atoms with Crippen LogP contribution >= 0.6 is 27.3 Å². The van der Waals surface area contributed by atoms with Crippen LogP contribution in [0.25, 0.3) is 0 Å². The summed E-state index contributed by atoms with van der Waals surface area (Å²) in [6, 6.07) is 0. The summed E-state index contributed by atoms with van der Waals surface area (Å²) in [5, 5.41) is 0.926. The van der Waals surface area contributed by atoms with Gasteiger partial charge in [-0.15, -0.1) is 11.3 Å². The zero-order valence-electron chi connectivity index (χ0n) is 8.36. The molecule has 3 nitrogen and oxygen atoms in total. The van der Waals surface area contributed by atoms with Gasteiger partial charge in [0.15, 0.2) is 0 Å². The van der Waals surface area contributed by atoms with Crippen molar-refractivity contribution >= 4 is 33.2 Å². The molecule has 1 saturated heterocycles. The molecule has 1 aliphatic heterocycles. The summed E-state index contributed by atoms with van der Waals surface area (Å²) in [7, 11) is 0. The quantitative estimate of drug-likeness (QED) is 0.794. The Morgan fingerprint density at radius 3 is 3.13 bits per heavy atom. The van der Waals surface area contributed by atoms with E-state index in [1.807, 2.05) is 16.6 Å². The number of amides is 1. The number of halogens is 1. The van der Waals surface area contributed by atoms with Crippen LogP contribution in [0.4, 0.5) is 0 Å². The minimum absolute atomic E-state index is 0.295. The highest BCUT2D eigenvalue weighted by atomic mass is 79.9. The Morgan fingerprint density at radius 2 is 2.53 bits per heavy atom. The third-order valence-electron chi connectivity index (χ3n) is 2.62. The van der Waals surface area contributed by atoms with Gasteiger partial charge in [-0.3, -0.25) is 9.78 Å². The fraction of sp³-hybridized carbons (Fsp3) is 0.600. The monoisotopic (exact) mass is 288 g/mol. The van der Waals surface area contributed by atoms with Gasteiger partial charge in [0, 0.05) is 42.3 Å². The normalized spacial score (nSPS) is 21.3. The van der Waals surface area contributed by atoms with Crippen molar-refractivity contribution in [3.8, 4) is 0 Å². The van der Waals surface area contributed by atoms with Gasteiger partial charge in [-0.05, 0) is 5.92 Å². The van der Waals surface area contributed by atoms with E-state index in [0.29, 0.717) is 18.2 Å². The van der Waals surface area contributed by atoms with Crippen LogP contribution in [0.5, 0.6) is 0 Å². The Morgan fingerprint density at radius 1 is 1.67 bits per heavy atom. The molecule has 0 aromatic carbocycles. The van der Waals surface area contributed by atoms with Crippen molar-refractivity contribution in [2.24, 2.45) is 5.92 Å². The minimum atomic E-state index is 0.295. The van der Waals surface area contributed by atoms with Gasteiger partial charge in [-0.2, -0.15) is 0 Å². The first kappa shape index (κ1) is 11.1. The molecule has 1 atom stereocenters. The molecule has 5 heteroatoms. The number of thiazole rings is 1. The van der Waals surface area contributed by atoms with Gasteiger partial charge < -0.3 is 4.90 Å². The van der Waals surface area contributed by atoms with E-state index in [9.17, 15) is 4.79 Å². The number of rotatable bonds is 4.